The Morgan fingerprint density at radius 2 is 2.29 bits per heavy atom. The fourth-order valence-corrected chi connectivity index (χ4v) is 3.54. The lowest BCUT2D eigenvalue weighted by atomic mass is 9.99. The molecule has 0 N–H and O–H groups in total. The Morgan fingerprint density at radius 3 is 3.04 bits per heavy atom. The normalized spacial score (nSPS) is 27.0. The van der Waals surface area contributed by atoms with E-state index in [0.717, 1.165) is 32.4 Å². The van der Waals surface area contributed by atoms with Crippen LogP contribution in [0, 0.1) is 0 Å². The summed E-state index contributed by atoms with van der Waals surface area (Å²) < 4.78 is 11.7. The highest BCUT2D eigenvalue weighted by atomic mass is 16.5. The lowest BCUT2D eigenvalue weighted by Gasteiger charge is -2.36. The first-order valence-corrected chi connectivity index (χ1v) is 8.70. The van der Waals surface area contributed by atoms with E-state index >= 15 is 0 Å². The maximum Gasteiger partial charge on any atom is 0.248 e. The minimum absolute atomic E-state index is 0.00722. The van der Waals surface area contributed by atoms with E-state index in [1.165, 1.54) is 5.56 Å². The number of amides is 1. The van der Waals surface area contributed by atoms with Crippen LogP contribution in [-0.2, 0) is 20.8 Å². The van der Waals surface area contributed by atoms with Gasteiger partial charge in [0.25, 0.3) is 0 Å². The first kappa shape index (κ1) is 17.3. The molecule has 2 saturated heterocycles. The van der Waals surface area contributed by atoms with Crippen molar-refractivity contribution < 1.29 is 14.3 Å². The SMILES string of the molecule is CN(C)C(=O)COC[C@@H]1CC[C@@H]2[C@@H](CCN2Cc2cccnc2)O1. The van der Waals surface area contributed by atoms with Crippen LogP contribution in [0.3, 0.4) is 0 Å². The number of carbonyl (C=O) groups is 1. The topological polar surface area (TPSA) is 54.9 Å². The Hall–Kier alpha value is -1.50. The van der Waals surface area contributed by atoms with Crippen molar-refractivity contribution in [3.63, 3.8) is 0 Å². The van der Waals surface area contributed by atoms with Gasteiger partial charge >= 0.3 is 0 Å². The van der Waals surface area contributed by atoms with Crippen molar-refractivity contribution in [1.29, 1.82) is 0 Å². The molecule has 0 unspecified atom stereocenters. The second-order valence-corrected chi connectivity index (χ2v) is 6.86. The fraction of sp³-hybridized carbons (Fsp3) is 0.667. The van der Waals surface area contributed by atoms with E-state index < -0.39 is 0 Å². The van der Waals surface area contributed by atoms with Gasteiger partial charge in [-0.25, -0.2) is 0 Å². The largest absolute Gasteiger partial charge is 0.371 e. The predicted octanol–water partition coefficient (Wildman–Crippen LogP) is 1.31. The van der Waals surface area contributed by atoms with Crippen molar-refractivity contribution in [1.82, 2.24) is 14.8 Å². The van der Waals surface area contributed by atoms with Crippen molar-refractivity contribution >= 4 is 5.91 Å². The molecule has 2 aliphatic heterocycles. The number of pyridine rings is 1. The standard InChI is InChI=1S/C18H27N3O3/c1-20(2)18(22)13-23-12-15-5-6-16-17(24-15)7-9-21(16)11-14-4-3-8-19-10-14/h3-4,8,10,15-17H,5-7,9,11-13H2,1-2H3/t15-,16+,17+/m0/s1. The number of likely N-dealkylation sites (N-methyl/N-ethyl adjacent to an activating group) is 1. The zero-order valence-electron chi connectivity index (χ0n) is 14.6. The summed E-state index contributed by atoms with van der Waals surface area (Å²) in [5.41, 5.74) is 1.26. The third-order valence-corrected chi connectivity index (χ3v) is 4.89. The summed E-state index contributed by atoms with van der Waals surface area (Å²) >= 11 is 0. The zero-order valence-corrected chi connectivity index (χ0v) is 14.6. The average molecular weight is 333 g/mol. The Bertz CT molecular complexity index is 538. The number of rotatable bonds is 6. The minimum atomic E-state index is -0.00722. The van der Waals surface area contributed by atoms with Gasteiger partial charge in [-0.3, -0.25) is 14.7 Å². The van der Waals surface area contributed by atoms with Crippen LogP contribution in [0.15, 0.2) is 24.5 Å². The summed E-state index contributed by atoms with van der Waals surface area (Å²) in [7, 11) is 3.48. The summed E-state index contributed by atoms with van der Waals surface area (Å²) in [5.74, 6) is -0.00722. The van der Waals surface area contributed by atoms with Gasteiger partial charge in [-0.05, 0) is 30.9 Å². The second-order valence-electron chi connectivity index (χ2n) is 6.86. The van der Waals surface area contributed by atoms with Gasteiger partial charge in [0.15, 0.2) is 0 Å². The van der Waals surface area contributed by atoms with Crippen molar-refractivity contribution in [3.8, 4) is 0 Å². The number of aromatic nitrogens is 1. The van der Waals surface area contributed by atoms with E-state index in [2.05, 4.69) is 16.0 Å². The van der Waals surface area contributed by atoms with Gasteiger partial charge in [-0.2, -0.15) is 0 Å². The summed E-state index contributed by atoms with van der Waals surface area (Å²) in [6, 6.07) is 4.61. The molecule has 0 radical (unpaired) electrons. The van der Waals surface area contributed by atoms with Crippen LogP contribution in [0.5, 0.6) is 0 Å². The van der Waals surface area contributed by atoms with Crippen LogP contribution in [0.2, 0.25) is 0 Å². The van der Waals surface area contributed by atoms with Gasteiger partial charge in [-0.1, -0.05) is 6.07 Å². The van der Waals surface area contributed by atoms with Gasteiger partial charge in [-0.15, -0.1) is 0 Å². The number of nitrogens with zero attached hydrogens (tertiary/aromatic N) is 3. The molecule has 24 heavy (non-hydrogen) atoms. The van der Waals surface area contributed by atoms with Crippen LogP contribution >= 0.6 is 0 Å². The summed E-state index contributed by atoms with van der Waals surface area (Å²) in [4.78, 5) is 19.8. The molecule has 1 aromatic heterocycles. The molecule has 1 aromatic rings. The Kier molecular flexibility index (Phi) is 5.81. The molecule has 132 valence electrons. The monoisotopic (exact) mass is 333 g/mol. The molecule has 0 spiro atoms. The molecule has 1 amide bonds. The molecule has 2 aliphatic rings. The molecule has 6 heteroatoms. The van der Waals surface area contributed by atoms with E-state index in [0.29, 0.717) is 12.6 Å². The lowest BCUT2D eigenvalue weighted by molar-refractivity contribution is -0.138. The fourth-order valence-electron chi connectivity index (χ4n) is 3.54. The second kappa shape index (κ2) is 8.05. The molecule has 0 bridgehead atoms. The summed E-state index contributed by atoms with van der Waals surface area (Å²) in [5, 5.41) is 0. The van der Waals surface area contributed by atoms with Crippen molar-refractivity contribution in [2.24, 2.45) is 0 Å². The highest BCUT2D eigenvalue weighted by molar-refractivity contribution is 5.76. The molecule has 0 aromatic carbocycles. The van der Waals surface area contributed by atoms with E-state index in [9.17, 15) is 4.79 Å². The van der Waals surface area contributed by atoms with Crippen molar-refractivity contribution in [3.05, 3.63) is 30.1 Å². The van der Waals surface area contributed by atoms with Gasteiger partial charge in [0.1, 0.15) is 6.61 Å². The van der Waals surface area contributed by atoms with E-state index in [1.54, 1.807) is 19.0 Å². The van der Waals surface area contributed by atoms with Gasteiger partial charge in [0, 0.05) is 45.6 Å². The van der Waals surface area contributed by atoms with Crippen LogP contribution in [0.1, 0.15) is 24.8 Å². The van der Waals surface area contributed by atoms with Crippen LogP contribution in [0.25, 0.3) is 0 Å². The molecular weight excluding hydrogens is 306 g/mol. The minimum Gasteiger partial charge on any atom is -0.371 e. The van der Waals surface area contributed by atoms with Crippen molar-refractivity contribution in [2.45, 2.75) is 44.1 Å². The zero-order chi connectivity index (χ0) is 16.9. The molecule has 0 aliphatic carbocycles. The van der Waals surface area contributed by atoms with E-state index in [1.807, 2.05) is 18.5 Å². The summed E-state index contributed by atoms with van der Waals surface area (Å²) in [6.07, 6.45) is 7.33. The maximum absolute atomic E-state index is 11.5. The highest BCUT2D eigenvalue weighted by Gasteiger charge is 2.39. The Labute approximate surface area is 143 Å². The number of hydrogen-bond donors (Lipinski definition) is 0. The molecule has 3 atom stereocenters. The molecule has 0 saturated carbocycles. The van der Waals surface area contributed by atoms with Crippen LogP contribution < -0.4 is 0 Å². The van der Waals surface area contributed by atoms with Crippen LogP contribution in [0.4, 0.5) is 0 Å². The third kappa shape index (κ3) is 4.32. The van der Waals surface area contributed by atoms with Gasteiger partial charge < -0.3 is 14.4 Å². The Balaban J connectivity index is 1.44. The number of carbonyl (C=O) groups excluding carboxylic acids is 1. The first-order valence-electron chi connectivity index (χ1n) is 8.70. The van der Waals surface area contributed by atoms with E-state index in [4.69, 9.17) is 9.47 Å². The van der Waals surface area contributed by atoms with E-state index in [-0.39, 0.29) is 24.7 Å². The highest BCUT2D eigenvalue weighted by Crippen LogP contribution is 2.32. The number of likely N-dealkylation sites (tertiary alicyclic amines) is 1. The average Bonchev–Trinajstić information content (AvgIpc) is 2.98. The molecular formula is C18H27N3O3. The molecule has 6 nitrogen and oxygen atoms in total. The lowest BCUT2D eigenvalue weighted by Crippen LogP contribution is -2.43. The maximum atomic E-state index is 11.5. The molecule has 3 heterocycles. The van der Waals surface area contributed by atoms with Crippen LogP contribution in [-0.4, -0.2) is 72.8 Å². The quantitative estimate of drug-likeness (QED) is 0.786. The third-order valence-electron chi connectivity index (χ3n) is 4.89. The molecule has 2 fully saturated rings. The number of hydrogen-bond acceptors (Lipinski definition) is 5. The van der Waals surface area contributed by atoms with Crippen molar-refractivity contribution in [2.75, 3.05) is 33.9 Å². The Morgan fingerprint density at radius 1 is 1.42 bits per heavy atom. The predicted molar refractivity (Wildman–Crippen MR) is 90.5 cm³/mol. The summed E-state index contributed by atoms with van der Waals surface area (Å²) in [6.45, 7) is 2.65. The molecule has 3 rings (SSSR count). The van der Waals surface area contributed by atoms with Gasteiger partial charge in [0.2, 0.25) is 5.91 Å². The first-order chi connectivity index (χ1) is 11.6. The number of fused-ring (bicyclic) bond motifs is 1. The smallest absolute Gasteiger partial charge is 0.248 e. The van der Waals surface area contributed by atoms with Gasteiger partial charge in [0.05, 0.1) is 18.8 Å². The number of ether oxygens (including phenoxy) is 2.